The molecule has 28 heavy (non-hydrogen) atoms. The molecule has 0 spiro atoms. The first-order valence-corrected chi connectivity index (χ1v) is 9.30. The lowest BCUT2D eigenvalue weighted by Crippen LogP contribution is -2.40. The van der Waals surface area contributed by atoms with Crippen molar-refractivity contribution >= 4 is 24.2 Å². The van der Waals surface area contributed by atoms with E-state index in [0.717, 1.165) is 19.3 Å². The summed E-state index contributed by atoms with van der Waals surface area (Å²) in [6, 6.07) is 0. The van der Waals surface area contributed by atoms with Crippen LogP contribution in [0.25, 0.3) is 0 Å². The fourth-order valence-corrected chi connectivity index (χ4v) is 2.46. The molecule has 0 aliphatic heterocycles. The van der Waals surface area contributed by atoms with Crippen LogP contribution >= 0.6 is 0 Å². The van der Waals surface area contributed by atoms with Crippen molar-refractivity contribution in [1.82, 2.24) is 25.4 Å². The number of hydroxylamine groups is 2. The van der Waals surface area contributed by atoms with Gasteiger partial charge in [0.15, 0.2) is 0 Å². The predicted octanol–water partition coefficient (Wildman–Crippen LogP) is 0.750. The Morgan fingerprint density at radius 3 is 2.71 bits per heavy atom. The molecule has 0 aromatic carbocycles. The van der Waals surface area contributed by atoms with Gasteiger partial charge in [-0.15, -0.1) is 0 Å². The Hall–Kier alpha value is -2.53. The van der Waals surface area contributed by atoms with Gasteiger partial charge in [-0.05, 0) is 13.3 Å². The monoisotopic (exact) mass is 397 g/mol. The molecule has 1 heterocycles. The van der Waals surface area contributed by atoms with Crippen LogP contribution in [-0.2, 0) is 14.3 Å². The first-order chi connectivity index (χ1) is 13.4. The van der Waals surface area contributed by atoms with Crippen molar-refractivity contribution in [2.24, 2.45) is 5.92 Å². The first kappa shape index (κ1) is 23.5. The molecule has 0 aliphatic rings. The number of hydrogen-bond acceptors (Lipinski definition) is 9. The maximum Gasteiger partial charge on any atom is 0.246 e. The lowest BCUT2D eigenvalue weighted by atomic mass is 10.0. The largest absolute Gasteiger partial charge is 0.383 e. The molecule has 2 amide bonds. The van der Waals surface area contributed by atoms with Gasteiger partial charge in [-0.25, -0.2) is 5.06 Å². The Morgan fingerprint density at radius 1 is 1.32 bits per heavy atom. The highest BCUT2D eigenvalue weighted by molar-refractivity contribution is 5.80. The Bertz CT molecular complexity index is 617. The quantitative estimate of drug-likeness (QED) is 0.180. The zero-order valence-electron chi connectivity index (χ0n) is 17.0. The van der Waals surface area contributed by atoms with Crippen molar-refractivity contribution in [1.29, 1.82) is 0 Å². The first-order valence-electron chi connectivity index (χ1n) is 9.30. The average molecular weight is 397 g/mol. The third-order valence-corrected chi connectivity index (χ3v) is 4.06. The molecule has 1 aromatic heterocycles. The summed E-state index contributed by atoms with van der Waals surface area (Å²) >= 11 is 0. The van der Waals surface area contributed by atoms with Crippen LogP contribution in [-0.4, -0.2) is 71.4 Å². The van der Waals surface area contributed by atoms with E-state index in [2.05, 4.69) is 32.7 Å². The van der Waals surface area contributed by atoms with Crippen molar-refractivity contribution < 1.29 is 19.5 Å². The molecule has 1 aromatic rings. The van der Waals surface area contributed by atoms with Crippen LogP contribution in [0.1, 0.15) is 38.4 Å². The van der Waals surface area contributed by atoms with Crippen LogP contribution in [0, 0.1) is 12.8 Å². The maximum atomic E-state index is 12.5. The molecule has 1 atom stereocenters. The van der Waals surface area contributed by atoms with Crippen LogP contribution in [0.4, 0.5) is 11.9 Å². The molecule has 11 nitrogen and oxygen atoms in total. The summed E-state index contributed by atoms with van der Waals surface area (Å²) in [5.41, 5.74) is 5.24. The number of ether oxygens (including phenoxy) is 1. The third-order valence-electron chi connectivity index (χ3n) is 4.06. The number of unbranched alkanes of at least 4 members (excludes halogenated alkanes) is 2. The molecule has 158 valence electrons. The predicted molar refractivity (Wildman–Crippen MR) is 104 cm³/mol. The summed E-state index contributed by atoms with van der Waals surface area (Å²) in [5.74, 6) is 0.227. The second kappa shape index (κ2) is 12.8. The summed E-state index contributed by atoms with van der Waals surface area (Å²) in [5, 5.41) is 9.92. The van der Waals surface area contributed by atoms with Gasteiger partial charge in [-0.3, -0.25) is 25.6 Å². The molecule has 3 N–H and O–H groups in total. The highest BCUT2D eigenvalue weighted by atomic mass is 16.5. The maximum absolute atomic E-state index is 12.5. The number of nitrogens with one attached hydrogen (secondary N) is 2. The van der Waals surface area contributed by atoms with E-state index in [0.29, 0.717) is 36.4 Å². The molecule has 11 heteroatoms. The number of carbonyl (C=O) groups is 2. The molecule has 0 unspecified atom stereocenters. The molecule has 0 radical (unpaired) electrons. The van der Waals surface area contributed by atoms with Crippen LogP contribution in [0.3, 0.4) is 0 Å². The third kappa shape index (κ3) is 8.44. The van der Waals surface area contributed by atoms with E-state index < -0.39 is 5.92 Å². The number of methoxy groups -OCH3 is 1. The van der Waals surface area contributed by atoms with Crippen LogP contribution in [0.2, 0.25) is 0 Å². The number of hydrogen-bond donors (Lipinski definition) is 3. The Labute approximate surface area is 165 Å². The minimum atomic E-state index is -0.555. The molecule has 0 fully saturated rings. The van der Waals surface area contributed by atoms with E-state index in [1.165, 1.54) is 0 Å². The van der Waals surface area contributed by atoms with Crippen LogP contribution < -0.4 is 15.8 Å². The summed E-state index contributed by atoms with van der Waals surface area (Å²) in [6.07, 6.45) is 3.62. The number of rotatable bonds is 14. The smallest absolute Gasteiger partial charge is 0.246 e. The van der Waals surface area contributed by atoms with Crippen molar-refractivity contribution in [3.63, 3.8) is 0 Å². The standard InChI is InChI=1S/C17H31N7O4/c1-5-6-7-8-14(11-24(27)12-25)15(26)21-22-16-18-13(2)19-17(20-16)23(3)9-10-28-4/h12,14,27H,5-11H2,1-4H3,(H,21,26)(H,18,19,20,22)/t14-/m1/s1. The van der Waals surface area contributed by atoms with Gasteiger partial charge in [-0.1, -0.05) is 26.2 Å². The Kier molecular flexibility index (Phi) is 10.7. The molecular formula is C17H31N7O4. The van der Waals surface area contributed by atoms with Gasteiger partial charge >= 0.3 is 0 Å². The molecule has 0 aliphatic carbocycles. The van der Waals surface area contributed by atoms with Gasteiger partial charge in [-0.2, -0.15) is 15.0 Å². The minimum absolute atomic E-state index is 0.0814. The van der Waals surface area contributed by atoms with Gasteiger partial charge < -0.3 is 9.64 Å². The van der Waals surface area contributed by atoms with E-state index in [1.54, 1.807) is 14.0 Å². The van der Waals surface area contributed by atoms with Gasteiger partial charge in [0.1, 0.15) is 5.82 Å². The van der Waals surface area contributed by atoms with Crippen molar-refractivity contribution in [3.8, 4) is 0 Å². The van der Waals surface area contributed by atoms with E-state index in [9.17, 15) is 14.8 Å². The highest BCUT2D eigenvalue weighted by Gasteiger charge is 2.21. The lowest BCUT2D eigenvalue weighted by molar-refractivity contribution is -0.154. The van der Waals surface area contributed by atoms with E-state index in [1.807, 2.05) is 11.9 Å². The number of aromatic nitrogens is 3. The van der Waals surface area contributed by atoms with Crippen LogP contribution in [0.5, 0.6) is 0 Å². The number of anilines is 2. The second-order valence-corrected chi connectivity index (χ2v) is 6.45. The fraction of sp³-hybridized carbons (Fsp3) is 0.706. The SMILES string of the molecule is CCCCC[C@H](CN(O)C=O)C(=O)NNc1nc(C)nc(N(C)CCOC)n1. The molecule has 0 saturated carbocycles. The number of carbonyl (C=O) groups excluding carboxylic acids is 2. The Balaban J connectivity index is 2.73. The van der Waals surface area contributed by atoms with E-state index >= 15 is 0 Å². The lowest BCUT2D eigenvalue weighted by Gasteiger charge is -2.20. The average Bonchev–Trinajstić information content (AvgIpc) is 2.68. The minimum Gasteiger partial charge on any atom is -0.383 e. The van der Waals surface area contributed by atoms with E-state index in [4.69, 9.17) is 4.74 Å². The summed E-state index contributed by atoms with van der Waals surface area (Å²) in [4.78, 5) is 37.7. The van der Waals surface area contributed by atoms with Gasteiger partial charge in [0, 0.05) is 20.7 Å². The fourth-order valence-electron chi connectivity index (χ4n) is 2.46. The molecule has 0 bridgehead atoms. The van der Waals surface area contributed by atoms with Crippen molar-refractivity contribution in [2.75, 3.05) is 44.2 Å². The normalized spacial score (nSPS) is 11.6. The Morgan fingerprint density at radius 2 is 2.07 bits per heavy atom. The number of likely N-dealkylation sites (N-methyl/N-ethyl adjacent to an activating group) is 1. The summed E-state index contributed by atoms with van der Waals surface area (Å²) in [6.45, 7) is 4.83. The zero-order valence-corrected chi connectivity index (χ0v) is 17.0. The summed E-state index contributed by atoms with van der Waals surface area (Å²) in [7, 11) is 3.44. The van der Waals surface area contributed by atoms with Gasteiger partial charge in [0.2, 0.25) is 24.2 Å². The molecule has 1 rings (SSSR count). The molecule has 0 saturated heterocycles. The second-order valence-electron chi connectivity index (χ2n) is 6.45. The zero-order chi connectivity index (χ0) is 20.9. The topological polar surface area (TPSA) is 133 Å². The van der Waals surface area contributed by atoms with Crippen molar-refractivity contribution in [3.05, 3.63) is 5.82 Å². The highest BCUT2D eigenvalue weighted by Crippen LogP contribution is 2.12. The number of nitrogens with zero attached hydrogens (tertiary/aromatic N) is 5. The van der Waals surface area contributed by atoms with E-state index in [-0.39, 0.29) is 24.8 Å². The number of aryl methyl sites for hydroxylation is 1. The van der Waals surface area contributed by atoms with Gasteiger partial charge in [0.05, 0.1) is 19.1 Å². The summed E-state index contributed by atoms with van der Waals surface area (Å²) < 4.78 is 5.05. The van der Waals surface area contributed by atoms with Gasteiger partial charge in [0.25, 0.3) is 0 Å². The molecular weight excluding hydrogens is 366 g/mol. The van der Waals surface area contributed by atoms with Crippen LogP contribution in [0.15, 0.2) is 0 Å². The number of amides is 2. The van der Waals surface area contributed by atoms with Crippen molar-refractivity contribution in [2.45, 2.75) is 39.5 Å². The number of hydrazine groups is 1.